The number of halogens is 3. The smallest absolute Gasteiger partial charge is 0.184 e. The van der Waals surface area contributed by atoms with Crippen LogP contribution in [0.3, 0.4) is 0 Å². The highest BCUT2D eigenvalue weighted by Crippen LogP contribution is 2.33. The van der Waals surface area contributed by atoms with Gasteiger partial charge in [0.2, 0.25) is 0 Å². The second-order valence-corrected chi connectivity index (χ2v) is 6.59. The summed E-state index contributed by atoms with van der Waals surface area (Å²) in [5.41, 5.74) is 1.46. The van der Waals surface area contributed by atoms with Crippen LogP contribution in [0.15, 0.2) is 25.2 Å². The van der Waals surface area contributed by atoms with Gasteiger partial charge in [0, 0.05) is 5.33 Å². The van der Waals surface area contributed by atoms with E-state index >= 15 is 0 Å². The molecule has 0 bridgehead atoms. The van der Waals surface area contributed by atoms with E-state index in [1.54, 1.807) is 0 Å². The zero-order chi connectivity index (χ0) is 12.3. The number of alkyl halides is 1. The van der Waals surface area contributed by atoms with Crippen molar-refractivity contribution in [1.82, 2.24) is 0 Å². The SMILES string of the molecule is BrCC(=Cc1cc(Br)c(Br)o1)C1CCCCC1. The molecule has 17 heavy (non-hydrogen) atoms. The molecule has 1 heterocycles. The predicted molar refractivity (Wildman–Crippen MR) is 82.5 cm³/mol. The molecular weight excluding hydrogens is 412 g/mol. The minimum Gasteiger partial charge on any atom is -0.449 e. The lowest BCUT2D eigenvalue weighted by atomic mass is 9.84. The molecule has 2 rings (SSSR count). The number of rotatable bonds is 3. The zero-order valence-corrected chi connectivity index (χ0v) is 14.3. The Balaban J connectivity index is 2.16. The van der Waals surface area contributed by atoms with E-state index in [-0.39, 0.29) is 0 Å². The molecule has 4 heteroatoms. The molecule has 1 aliphatic rings. The molecule has 1 nitrogen and oxygen atoms in total. The maximum Gasteiger partial charge on any atom is 0.184 e. The Morgan fingerprint density at radius 2 is 2.00 bits per heavy atom. The van der Waals surface area contributed by atoms with E-state index in [0.717, 1.165) is 26.2 Å². The quantitative estimate of drug-likeness (QED) is 0.527. The summed E-state index contributed by atoms with van der Waals surface area (Å²) in [6.07, 6.45) is 8.94. The van der Waals surface area contributed by atoms with Crippen molar-refractivity contribution in [2.45, 2.75) is 32.1 Å². The molecule has 1 fully saturated rings. The predicted octanol–water partition coefficient (Wildman–Crippen LogP) is 6.16. The monoisotopic (exact) mass is 424 g/mol. The fraction of sp³-hybridized carbons (Fsp3) is 0.538. The molecule has 1 aromatic rings. The topological polar surface area (TPSA) is 13.1 Å². The Bertz CT molecular complexity index is 383. The van der Waals surface area contributed by atoms with Crippen LogP contribution in [-0.2, 0) is 0 Å². The van der Waals surface area contributed by atoms with Crippen LogP contribution in [0, 0.1) is 5.92 Å². The van der Waals surface area contributed by atoms with Crippen molar-refractivity contribution in [2.24, 2.45) is 5.92 Å². The van der Waals surface area contributed by atoms with Crippen LogP contribution >= 0.6 is 47.8 Å². The van der Waals surface area contributed by atoms with Crippen molar-refractivity contribution >= 4 is 53.9 Å². The summed E-state index contributed by atoms with van der Waals surface area (Å²) in [5.74, 6) is 1.65. The van der Waals surface area contributed by atoms with Gasteiger partial charge in [-0.25, -0.2) is 0 Å². The van der Waals surface area contributed by atoms with E-state index in [2.05, 4.69) is 53.9 Å². The molecule has 0 unspecified atom stereocenters. The number of hydrogen-bond donors (Lipinski definition) is 0. The van der Waals surface area contributed by atoms with Gasteiger partial charge in [-0.3, -0.25) is 0 Å². The van der Waals surface area contributed by atoms with E-state index in [1.165, 1.54) is 37.7 Å². The van der Waals surface area contributed by atoms with Gasteiger partial charge in [-0.05, 0) is 62.8 Å². The molecule has 0 spiro atoms. The zero-order valence-electron chi connectivity index (χ0n) is 9.52. The van der Waals surface area contributed by atoms with Gasteiger partial charge in [0.05, 0.1) is 4.47 Å². The maximum atomic E-state index is 5.61. The summed E-state index contributed by atoms with van der Waals surface area (Å²) in [6.45, 7) is 0. The average molecular weight is 427 g/mol. The van der Waals surface area contributed by atoms with Gasteiger partial charge in [-0.15, -0.1) is 0 Å². The third-order valence-corrected chi connectivity index (χ3v) is 5.63. The Labute approximate surface area is 127 Å². The highest BCUT2D eigenvalue weighted by Gasteiger charge is 2.17. The minimum atomic E-state index is 0.728. The van der Waals surface area contributed by atoms with E-state index in [4.69, 9.17) is 4.42 Å². The van der Waals surface area contributed by atoms with Gasteiger partial charge in [-0.2, -0.15) is 0 Å². The fourth-order valence-corrected chi connectivity index (χ4v) is 3.58. The van der Waals surface area contributed by atoms with E-state index in [1.807, 2.05) is 6.07 Å². The van der Waals surface area contributed by atoms with Gasteiger partial charge in [0.25, 0.3) is 0 Å². The second-order valence-electron chi connectivity index (χ2n) is 4.46. The van der Waals surface area contributed by atoms with Crippen LogP contribution in [0.4, 0.5) is 0 Å². The first-order chi connectivity index (χ1) is 8.20. The van der Waals surface area contributed by atoms with Crippen molar-refractivity contribution in [1.29, 1.82) is 0 Å². The Hall–Kier alpha value is 0.460. The first-order valence-electron chi connectivity index (χ1n) is 5.92. The van der Waals surface area contributed by atoms with Gasteiger partial charge in [-0.1, -0.05) is 40.8 Å². The number of furan rings is 1. The summed E-state index contributed by atoms with van der Waals surface area (Å²) in [7, 11) is 0. The molecule has 1 aromatic heterocycles. The van der Waals surface area contributed by atoms with Crippen molar-refractivity contribution in [3.05, 3.63) is 26.5 Å². The maximum absolute atomic E-state index is 5.61. The first-order valence-corrected chi connectivity index (χ1v) is 8.62. The highest BCUT2D eigenvalue weighted by molar-refractivity contribution is 9.13. The van der Waals surface area contributed by atoms with Crippen LogP contribution < -0.4 is 0 Å². The molecule has 0 radical (unpaired) electrons. The molecule has 1 aliphatic carbocycles. The van der Waals surface area contributed by atoms with Crippen LogP contribution in [0.1, 0.15) is 37.9 Å². The molecular formula is C13H15Br3O. The van der Waals surface area contributed by atoms with Crippen molar-refractivity contribution in [2.75, 3.05) is 5.33 Å². The molecule has 1 saturated carbocycles. The number of allylic oxidation sites excluding steroid dienone is 1. The van der Waals surface area contributed by atoms with E-state index in [0.29, 0.717) is 0 Å². The van der Waals surface area contributed by atoms with Gasteiger partial charge >= 0.3 is 0 Å². The Morgan fingerprint density at radius 1 is 1.29 bits per heavy atom. The Morgan fingerprint density at radius 3 is 2.53 bits per heavy atom. The highest BCUT2D eigenvalue weighted by atomic mass is 79.9. The molecule has 0 amide bonds. The minimum absolute atomic E-state index is 0.728. The summed E-state index contributed by atoms with van der Waals surface area (Å²) in [4.78, 5) is 0. The summed E-state index contributed by atoms with van der Waals surface area (Å²) < 4.78 is 7.35. The lowest BCUT2D eigenvalue weighted by molar-refractivity contribution is 0.405. The molecule has 0 aromatic carbocycles. The number of hydrogen-bond acceptors (Lipinski definition) is 1. The molecule has 0 saturated heterocycles. The largest absolute Gasteiger partial charge is 0.449 e. The standard InChI is InChI=1S/C13H15Br3O/c14-8-10(9-4-2-1-3-5-9)6-11-7-12(15)13(16)17-11/h6-7,9H,1-5,8H2. The van der Waals surface area contributed by atoms with Crippen LogP contribution in [-0.4, -0.2) is 5.33 Å². The summed E-state index contributed by atoms with van der Waals surface area (Å²) in [5, 5.41) is 0.938. The van der Waals surface area contributed by atoms with E-state index < -0.39 is 0 Å². The molecule has 0 atom stereocenters. The molecule has 0 aliphatic heterocycles. The Kier molecular flexibility index (Phi) is 5.37. The third-order valence-electron chi connectivity index (χ3n) is 3.28. The molecule has 0 N–H and O–H groups in total. The second kappa shape index (κ2) is 6.58. The van der Waals surface area contributed by atoms with Crippen molar-refractivity contribution in [3.63, 3.8) is 0 Å². The van der Waals surface area contributed by atoms with Crippen molar-refractivity contribution in [3.8, 4) is 0 Å². The normalized spacial score (nSPS) is 18.6. The van der Waals surface area contributed by atoms with Crippen LogP contribution in [0.25, 0.3) is 6.08 Å². The summed E-state index contributed by atoms with van der Waals surface area (Å²) in [6, 6.07) is 2.01. The first kappa shape index (κ1) is 13.9. The van der Waals surface area contributed by atoms with Crippen molar-refractivity contribution < 1.29 is 4.42 Å². The fourth-order valence-electron chi connectivity index (χ4n) is 2.36. The van der Waals surface area contributed by atoms with Gasteiger partial charge < -0.3 is 4.42 Å². The van der Waals surface area contributed by atoms with Gasteiger partial charge in [0.15, 0.2) is 4.67 Å². The average Bonchev–Trinajstić information content (AvgIpc) is 2.67. The van der Waals surface area contributed by atoms with Crippen LogP contribution in [0.5, 0.6) is 0 Å². The summed E-state index contributed by atoms with van der Waals surface area (Å²) >= 11 is 10.4. The lowest BCUT2D eigenvalue weighted by Gasteiger charge is -2.23. The lowest BCUT2D eigenvalue weighted by Crippen LogP contribution is -2.09. The molecule has 94 valence electrons. The van der Waals surface area contributed by atoms with E-state index in [9.17, 15) is 0 Å². The third kappa shape index (κ3) is 3.71. The van der Waals surface area contributed by atoms with Crippen LogP contribution in [0.2, 0.25) is 0 Å². The van der Waals surface area contributed by atoms with Gasteiger partial charge in [0.1, 0.15) is 5.76 Å².